The minimum Gasteiger partial charge on any atom is -0.493 e. The number of benzene rings is 1. The average Bonchev–Trinajstić information content (AvgIpc) is 3.13. The number of guanidine groups is 1. The molecule has 2 N–H and O–H groups in total. The van der Waals surface area contributed by atoms with Crippen molar-refractivity contribution in [3.63, 3.8) is 0 Å². The zero-order valence-electron chi connectivity index (χ0n) is 16.0. The first-order valence-corrected chi connectivity index (χ1v) is 9.77. The minimum atomic E-state index is 0.552. The van der Waals surface area contributed by atoms with E-state index in [0.717, 1.165) is 41.0 Å². The third kappa shape index (κ3) is 5.91. The van der Waals surface area contributed by atoms with E-state index >= 15 is 0 Å². The first-order valence-electron chi connectivity index (χ1n) is 8.95. The molecule has 2 aromatic rings. The summed E-state index contributed by atoms with van der Waals surface area (Å²) in [5.41, 5.74) is 1.06. The van der Waals surface area contributed by atoms with Gasteiger partial charge in [0, 0.05) is 17.6 Å². The Hall–Kier alpha value is -2.28. The fourth-order valence-electron chi connectivity index (χ4n) is 2.35. The van der Waals surface area contributed by atoms with Crippen LogP contribution >= 0.6 is 11.3 Å². The lowest BCUT2D eigenvalue weighted by molar-refractivity contribution is 0.310. The Kier molecular flexibility index (Phi) is 8.21. The molecular weight excluding hydrogens is 348 g/mol. The number of methoxy groups -OCH3 is 1. The third-order valence-electron chi connectivity index (χ3n) is 3.65. The molecule has 0 aliphatic rings. The highest BCUT2D eigenvalue weighted by Gasteiger charge is 2.06. The second-order valence-electron chi connectivity index (χ2n) is 5.54. The molecule has 0 fully saturated rings. The van der Waals surface area contributed by atoms with E-state index in [4.69, 9.17) is 9.47 Å². The summed E-state index contributed by atoms with van der Waals surface area (Å²) in [4.78, 5) is 10.4. The summed E-state index contributed by atoms with van der Waals surface area (Å²) >= 11 is 1.73. The van der Waals surface area contributed by atoms with Crippen LogP contribution in [0, 0.1) is 0 Å². The van der Waals surface area contributed by atoms with Crippen LogP contribution < -0.4 is 20.1 Å². The maximum atomic E-state index is 5.55. The van der Waals surface area contributed by atoms with Crippen LogP contribution in [0.5, 0.6) is 11.5 Å². The van der Waals surface area contributed by atoms with Crippen LogP contribution in [0.4, 0.5) is 0 Å². The van der Waals surface area contributed by atoms with Crippen molar-refractivity contribution in [2.24, 2.45) is 4.99 Å². The van der Waals surface area contributed by atoms with Crippen molar-refractivity contribution in [1.29, 1.82) is 0 Å². The highest BCUT2D eigenvalue weighted by atomic mass is 32.1. The summed E-state index contributed by atoms with van der Waals surface area (Å²) < 4.78 is 11.0. The van der Waals surface area contributed by atoms with Crippen LogP contribution in [0.15, 0.2) is 29.4 Å². The number of rotatable bonds is 9. The van der Waals surface area contributed by atoms with Gasteiger partial charge in [0.1, 0.15) is 5.01 Å². The zero-order chi connectivity index (χ0) is 18.8. The maximum absolute atomic E-state index is 5.55. The lowest BCUT2D eigenvalue weighted by atomic mass is 10.2. The average molecular weight is 377 g/mol. The van der Waals surface area contributed by atoms with Crippen molar-refractivity contribution in [3.8, 4) is 11.5 Å². The van der Waals surface area contributed by atoms with E-state index in [1.54, 1.807) is 18.4 Å². The van der Waals surface area contributed by atoms with E-state index in [1.165, 1.54) is 4.88 Å². The van der Waals surface area contributed by atoms with Gasteiger partial charge in [-0.25, -0.2) is 9.98 Å². The smallest absolute Gasteiger partial charge is 0.191 e. The summed E-state index contributed by atoms with van der Waals surface area (Å²) in [6.45, 7) is 8.78. The van der Waals surface area contributed by atoms with Gasteiger partial charge in [-0.15, -0.1) is 11.3 Å². The topological polar surface area (TPSA) is 67.8 Å². The fourth-order valence-corrected chi connectivity index (χ4v) is 3.15. The van der Waals surface area contributed by atoms with Gasteiger partial charge >= 0.3 is 0 Å². The molecule has 2 rings (SSSR count). The van der Waals surface area contributed by atoms with E-state index in [0.29, 0.717) is 19.7 Å². The first-order chi connectivity index (χ1) is 12.7. The summed E-state index contributed by atoms with van der Waals surface area (Å²) in [6, 6.07) is 5.90. The van der Waals surface area contributed by atoms with Gasteiger partial charge in [0.15, 0.2) is 17.5 Å². The highest BCUT2D eigenvalue weighted by molar-refractivity contribution is 7.11. The predicted molar refractivity (Wildman–Crippen MR) is 107 cm³/mol. The molecule has 1 aromatic heterocycles. The number of aryl methyl sites for hydroxylation is 1. The number of aromatic nitrogens is 1. The monoisotopic (exact) mass is 376 g/mol. The molecule has 0 unspecified atom stereocenters. The Morgan fingerprint density at radius 2 is 2.04 bits per heavy atom. The highest BCUT2D eigenvalue weighted by Crippen LogP contribution is 2.28. The predicted octanol–water partition coefficient (Wildman–Crippen LogP) is 3.37. The Morgan fingerprint density at radius 3 is 2.69 bits per heavy atom. The molecule has 0 saturated carbocycles. The zero-order valence-corrected chi connectivity index (χ0v) is 16.8. The summed E-state index contributed by atoms with van der Waals surface area (Å²) in [7, 11) is 1.65. The van der Waals surface area contributed by atoms with Crippen molar-refractivity contribution in [2.75, 3.05) is 20.3 Å². The van der Waals surface area contributed by atoms with Gasteiger partial charge in [0.25, 0.3) is 0 Å². The first kappa shape index (κ1) is 20.0. The van der Waals surface area contributed by atoms with Gasteiger partial charge in [-0.05, 0) is 38.0 Å². The lowest BCUT2D eigenvalue weighted by Gasteiger charge is -2.12. The molecule has 0 atom stereocenters. The number of ether oxygens (including phenoxy) is 2. The molecule has 0 spiro atoms. The number of hydrogen-bond acceptors (Lipinski definition) is 5. The fraction of sp³-hybridized carbons (Fsp3) is 0.474. The molecule has 142 valence electrons. The van der Waals surface area contributed by atoms with E-state index in [-0.39, 0.29) is 0 Å². The van der Waals surface area contributed by atoms with Gasteiger partial charge in [0.05, 0.1) is 26.8 Å². The maximum Gasteiger partial charge on any atom is 0.191 e. The van der Waals surface area contributed by atoms with E-state index < -0.39 is 0 Å². The molecule has 6 nitrogen and oxygen atoms in total. The van der Waals surface area contributed by atoms with Crippen LogP contribution in [0.1, 0.15) is 36.2 Å². The summed E-state index contributed by atoms with van der Waals surface area (Å²) in [6.07, 6.45) is 2.96. The molecule has 0 saturated heterocycles. The number of thiazole rings is 1. The van der Waals surface area contributed by atoms with Gasteiger partial charge in [-0.1, -0.05) is 13.0 Å². The second kappa shape index (κ2) is 10.7. The summed E-state index contributed by atoms with van der Waals surface area (Å²) in [5.74, 6) is 2.25. The second-order valence-corrected chi connectivity index (χ2v) is 6.74. The minimum absolute atomic E-state index is 0.552. The van der Waals surface area contributed by atoms with Crippen molar-refractivity contribution in [1.82, 2.24) is 15.6 Å². The lowest BCUT2D eigenvalue weighted by Crippen LogP contribution is -2.36. The van der Waals surface area contributed by atoms with Crippen LogP contribution in [0.25, 0.3) is 0 Å². The molecule has 1 heterocycles. The number of hydrogen-bond donors (Lipinski definition) is 2. The molecule has 0 amide bonds. The Labute approximate surface area is 159 Å². The van der Waals surface area contributed by atoms with Gasteiger partial charge in [-0.3, -0.25) is 0 Å². The van der Waals surface area contributed by atoms with Crippen LogP contribution in [-0.2, 0) is 19.5 Å². The Morgan fingerprint density at radius 1 is 1.19 bits per heavy atom. The van der Waals surface area contributed by atoms with Gasteiger partial charge in [-0.2, -0.15) is 0 Å². The quantitative estimate of drug-likeness (QED) is 0.519. The molecule has 0 aliphatic carbocycles. The molecule has 0 radical (unpaired) electrons. The van der Waals surface area contributed by atoms with Crippen molar-refractivity contribution in [2.45, 2.75) is 40.3 Å². The van der Waals surface area contributed by atoms with Crippen molar-refractivity contribution in [3.05, 3.63) is 39.8 Å². The molecule has 0 bridgehead atoms. The third-order valence-corrected chi connectivity index (χ3v) is 4.79. The van der Waals surface area contributed by atoms with E-state index in [2.05, 4.69) is 34.5 Å². The van der Waals surface area contributed by atoms with Gasteiger partial charge in [0.2, 0.25) is 0 Å². The van der Waals surface area contributed by atoms with E-state index in [9.17, 15) is 0 Å². The molecule has 1 aromatic carbocycles. The van der Waals surface area contributed by atoms with Crippen LogP contribution in [-0.4, -0.2) is 31.2 Å². The van der Waals surface area contributed by atoms with Crippen molar-refractivity contribution >= 4 is 17.3 Å². The van der Waals surface area contributed by atoms with Crippen LogP contribution in [0.2, 0.25) is 0 Å². The Balaban J connectivity index is 2.01. The molecule has 0 aliphatic heterocycles. The number of nitrogens with one attached hydrogen (secondary N) is 2. The van der Waals surface area contributed by atoms with Crippen LogP contribution in [0.3, 0.4) is 0 Å². The standard InChI is InChI=1S/C19H28N4O2S/c1-5-15-12-21-18(26-15)13-23-19(20-6-2)22-11-14-8-9-16(25-7-3)17(10-14)24-4/h8-10,12H,5-7,11,13H2,1-4H3,(H2,20,22,23). The SMILES string of the molecule is CCNC(=NCc1ccc(OCC)c(OC)c1)NCc1ncc(CC)s1. The van der Waals surface area contributed by atoms with E-state index in [1.807, 2.05) is 31.3 Å². The number of aliphatic imine (C=N–C) groups is 1. The summed E-state index contributed by atoms with van der Waals surface area (Å²) in [5, 5.41) is 7.66. The van der Waals surface area contributed by atoms with Crippen molar-refractivity contribution < 1.29 is 9.47 Å². The molecule has 7 heteroatoms. The Bertz CT molecular complexity index is 715. The molecular formula is C19H28N4O2S. The normalized spacial score (nSPS) is 11.3. The number of nitrogens with zero attached hydrogens (tertiary/aromatic N) is 2. The largest absolute Gasteiger partial charge is 0.493 e. The molecule has 26 heavy (non-hydrogen) atoms. The van der Waals surface area contributed by atoms with Gasteiger partial charge < -0.3 is 20.1 Å².